The minimum absolute atomic E-state index is 0.0827. The Morgan fingerprint density at radius 3 is 2.81 bits per heavy atom. The van der Waals surface area contributed by atoms with Gasteiger partial charge in [-0.15, -0.1) is 0 Å². The summed E-state index contributed by atoms with van der Waals surface area (Å²) in [6.07, 6.45) is 1.63. The number of rotatable bonds is 4. The number of pyridine rings is 1. The molecule has 2 heterocycles. The molecule has 21 heavy (non-hydrogen) atoms. The Balaban J connectivity index is 2.00. The molecule has 108 valence electrons. The van der Waals surface area contributed by atoms with Gasteiger partial charge in [-0.3, -0.25) is 4.79 Å². The summed E-state index contributed by atoms with van der Waals surface area (Å²) >= 11 is 0. The smallest absolute Gasteiger partial charge is 0.307 e. The highest BCUT2D eigenvalue weighted by Gasteiger charge is 2.24. The van der Waals surface area contributed by atoms with Crippen molar-refractivity contribution in [2.24, 2.45) is 0 Å². The Hall–Kier alpha value is -2.56. The normalized spacial score (nSPS) is 11.9. The molecule has 2 N–H and O–H groups in total. The molecular formula is C16H16N2O3. The highest BCUT2D eigenvalue weighted by atomic mass is 16.5. The molecule has 0 unspecified atom stereocenters. The van der Waals surface area contributed by atoms with Gasteiger partial charge in [0.25, 0.3) is 0 Å². The van der Waals surface area contributed by atoms with Gasteiger partial charge in [0.15, 0.2) is 0 Å². The lowest BCUT2D eigenvalue weighted by Crippen LogP contribution is -2.31. The quantitative estimate of drug-likeness (QED) is 0.770. The number of ether oxygens (including phenoxy) is 1. The first-order valence-electron chi connectivity index (χ1n) is 6.72. The molecule has 0 aliphatic rings. The zero-order valence-electron chi connectivity index (χ0n) is 11.9. The molecule has 0 amide bonds. The first-order chi connectivity index (χ1) is 9.94. The fraction of sp³-hybridized carbons (Fsp3) is 0.250. The predicted molar refractivity (Wildman–Crippen MR) is 80.6 cm³/mol. The van der Waals surface area contributed by atoms with E-state index in [4.69, 9.17) is 9.84 Å². The van der Waals surface area contributed by atoms with Crippen molar-refractivity contribution in [3.05, 3.63) is 36.5 Å². The number of nitrogens with zero attached hydrogens (tertiary/aromatic N) is 1. The average molecular weight is 284 g/mol. The van der Waals surface area contributed by atoms with Crippen LogP contribution >= 0.6 is 0 Å². The van der Waals surface area contributed by atoms with Gasteiger partial charge in [0, 0.05) is 22.4 Å². The van der Waals surface area contributed by atoms with Crippen molar-refractivity contribution < 1.29 is 14.6 Å². The number of carboxylic acids is 1. The molecule has 0 spiro atoms. The number of hydrogen-bond acceptors (Lipinski definition) is 3. The number of para-hydroxylation sites is 1. The number of aromatic nitrogens is 2. The molecule has 3 aromatic rings. The molecular weight excluding hydrogens is 268 g/mol. The van der Waals surface area contributed by atoms with Crippen LogP contribution in [0.15, 0.2) is 36.5 Å². The minimum atomic E-state index is -0.895. The lowest BCUT2D eigenvalue weighted by atomic mass is 10.1. The second-order valence-corrected chi connectivity index (χ2v) is 5.67. The maximum absolute atomic E-state index is 10.8. The van der Waals surface area contributed by atoms with E-state index in [-0.39, 0.29) is 6.42 Å². The fourth-order valence-corrected chi connectivity index (χ4v) is 2.47. The van der Waals surface area contributed by atoms with Crippen LogP contribution in [0.4, 0.5) is 0 Å². The zero-order valence-corrected chi connectivity index (χ0v) is 11.9. The fourth-order valence-electron chi connectivity index (χ4n) is 2.47. The Bertz CT molecular complexity index is 821. The van der Waals surface area contributed by atoms with Gasteiger partial charge in [-0.2, -0.15) is 0 Å². The molecule has 3 rings (SSSR count). The molecule has 0 bridgehead atoms. The van der Waals surface area contributed by atoms with E-state index in [1.54, 1.807) is 20.0 Å². The molecule has 0 fully saturated rings. The monoisotopic (exact) mass is 284 g/mol. The van der Waals surface area contributed by atoms with Gasteiger partial charge in [0.05, 0.1) is 18.1 Å². The number of H-pyrrole nitrogens is 1. The summed E-state index contributed by atoms with van der Waals surface area (Å²) in [5.74, 6) is -0.466. The molecule has 0 radical (unpaired) electrons. The summed E-state index contributed by atoms with van der Waals surface area (Å²) in [6.45, 7) is 3.48. The summed E-state index contributed by atoms with van der Waals surface area (Å²) < 4.78 is 5.73. The Morgan fingerprint density at radius 2 is 2.05 bits per heavy atom. The minimum Gasteiger partial charge on any atom is -0.481 e. The molecule has 1 aromatic carbocycles. The Kier molecular flexibility index (Phi) is 3.05. The van der Waals surface area contributed by atoms with Crippen molar-refractivity contribution in [1.82, 2.24) is 9.97 Å². The van der Waals surface area contributed by atoms with E-state index >= 15 is 0 Å². The van der Waals surface area contributed by atoms with Crippen LogP contribution in [0, 0.1) is 0 Å². The van der Waals surface area contributed by atoms with Crippen LogP contribution in [0.25, 0.3) is 21.8 Å². The third kappa shape index (κ3) is 2.67. The van der Waals surface area contributed by atoms with Crippen LogP contribution in [0.3, 0.4) is 0 Å². The summed E-state index contributed by atoms with van der Waals surface area (Å²) in [5.41, 5.74) is 1.16. The van der Waals surface area contributed by atoms with E-state index in [0.717, 1.165) is 21.8 Å². The number of aliphatic carboxylic acids is 1. The first-order valence-corrected chi connectivity index (χ1v) is 6.72. The largest absolute Gasteiger partial charge is 0.481 e. The number of carboxylic acid groups (broad SMARTS) is 1. The van der Waals surface area contributed by atoms with E-state index in [2.05, 4.69) is 9.97 Å². The van der Waals surface area contributed by atoms with Gasteiger partial charge in [0.2, 0.25) is 5.88 Å². The lowest BCUT2D eigenvalue weighted by Gasteiger charge is -2.23. The summed E-state index contributed by atoms with van der Waals surface area (Å²) in [4.78, 5) is 18.4. The van der Waals surface area contributed by atoms with Crippen molar-refractivity contribution >= 4 is 27.8 Å². The number of nitrogens with one attached hydrogen (secondary N) is 1. The standard InChI is InChI=1S/C16H16N2O3/c1-16(2,8-15(19)20)21-14-7-11-10-5-3-4-6-12(10)18-13(11)9-17-14/h3-7,9,18H,8H2,1-2H3,(H,19,20). The average Bonchev–Trinajstić information content (AvgIpc) is 2.74. The number of aromatic amines is 1. The number of carbonyl (C=O) groups is 1. The van der Waals surface area contributed by atoms with E-state index in [1.165, 1.54) is 0 Å². The third-order valence-electron chi connectivity index (χ3n) is 3.32. The van der Waals surface area contributed by atoms with Crippen LogP contribution in [0.1, 0.15) is 20.3 Å². The topological polar surface area (TPSA) is 75.2 Å². The summed E-state index contributed by atoms with van der Waals surface area (Å²) in [5, 5.41) is 11.0. The SMILES string of the molecule is CC(C)(CC(=O)O)Oc1cc2c(cn1)[nH]c1ccccc12. The van der Waals surface area contributed by atoms with Crippen LogP contribution in [0.2, 0.25) is 0 Å². The van der Waals surface area contributed by atoms with E-state index in [9.17, 15) is 4.79 Å². The maximum Gasteiger partial charge on any atom is 0.307 e. The van der Waals surface area contributed by atoms with Crippen LogP contribution in [-0.2, 0) is 4.79 Å². The van der Waals surface area contributed by atoms with Crippen molar-refractivity contribution in [3.8, 4) is 5.88 Å². The van der Waals surface area contributed by atoms with Crippen molar-refractivity contribution in [2.45, 2.75) is 25.9 Å². The van der Waals surface area contributed by atoms with Gasteiger partial charge in [-0.05, 0) is 19.9 Å². The van der Waals surface area contributed by atoms with E-state index in [0.29, 0.717) is 5.88 Å². The van der Waals surface area contributed by atoms with Gasteiger partial charge in [0.1, 0.15) is 5.60 Å². The van der Waals surface area contributed by atoms with Gasteiger partial charge in [-0.1, -0.05) is 18.2 Å². The molecule has 0 aliphatic heterocycles. The molecule has 0 saturated carbocycles. The van der Waals surface area contributed by atoms with E-state index in [1.807, 2.05) is 30.3 Å². The predicted octanol–water partition coefficient (Wildman–Crippen LogP) is 3.35. The molecule has 5 heteroatoms. The molecule has 2 aromatic heterocycles. The van der Waals surface area contributed by atoms with Crippen LogP contribution < -0.4 is 4.74 Å². The highest BCUT2D eigenvalue weighted by Crippen LogP contribution is 2.28. The molecule has 5 nitrogen and oxygen atoms in total. The van der Waals surface area contributed by atoms with Crippen molar-refractivity contribution in [3.63, 3.8) is 0 Å². The second kappa shape index (κ2) is 4.77. The summed E-state index contributed by atoms with van der Waals surface area (Å²) in [6, 6.07) is 9.83. The van der Waals surface area contributed by atoms with Crippen LogP contribution in [0.5, 0.6) is 5.88 Å². The van der Waals surface area contributed by atoms with E-state index < -0.39 is 11.6 Å². The highest BCUT2D eigenvalue weighted by molar-refractivity contribution is 6.07. The van der Waals surface area contributed by atoms with Gasteiger partial charge >= 0.3 is 5.97 Å². The Labute approximate surface area is 121 Å². The lowest BCUT2D eigenvalue weighted by molar-refractivity contribution is -0.140. The molecule has 0 aliphatic carbocycles. The molecule has 0 atom stereocenters. The number of hydrogen-bond donors (Lipinski definition) is 2. The second-order valence-electron chi connectivity index (χ2n) is 5.67. The van der Waals surface area contributed by atoms with Gasteiger partial charge < -0.3 is 14.8 Å². The first kappa shape index (κ1) is 13.4. The number of fused-ring (bicyclic) bond motifs is 3. The number of benzene rings is 1. The zero-order chi connectivity index (χ0) is 15.0. The molecule has 0 saturated heterocycles. The van der Waals surface area contributed by atoms with Gasteiger partial charge in [-0.25, -0.2) is 4.98 Å². The summed E-state index contributed by atoms with van der Waals surface area (Å²) in [7, 11) is 0. The third-order valence-corrected chi connectivity index (χ3v) is 3.32. The Morgan fingerprint density at radius 1 is 1.29 bits per heavy atom. The van der Waals surface area contributed by atoms with Crippen LogP contribution in [-0.4, -0.2) is 26.6 Å². The maximum atomic E-state index is 10.8. The van der Waals surface area contributed by atoms with Crippen molar-refractivity contribution in [2.75, 3.05) is 0 Å². The van der Waals surface area contributed by atoms with Crippen molar-refractivity contribution in [1.29, 1.82) is 0 Å².